The van der Waals surface area contributed by atoms with E-state index in [9.17, 15) is 4.79 Å². The summed E-state index contributed by atoms with van der Waals surface area (Å²) in [6.45, 7) is 4.03. The molecule has 0 aliphatic rings. The van der Waals surface area contributed by atoms with Crippen LogP contribution in [-0.2, 0) is 0 Å². The van der Waals surface area contributed by atoms with E-state index in [0.717, 1.165) is 27.5 Å². The number of carbonyl (C=O) groups is 1. The Labute approximate surface area is 117 Å². The fourth-order valence-electron chi connectivity index (χ4n) is 1.28. The highest BCUT2D eigenvalue weighted by molar-refractivity contribution is 9.09. The maximum atomic E-state index is 12.1. The maximum absolute atomic E-state index is 12.1. The lowest BCUT2D eigenvalue weighted by Gasteiger charge is -2.29. The van der Waals surface area contributed by atoms with Crippen molar-refractivity contribution in [2.45, 2.75) is 25.8 Å². The van der Waals surface area contributed by atoms with Crippen molar-refractivity contribution in [1.82, 2.24) is 5.32 Å². The van der Waals surface area contributed by atoms with Crippen LogP contribution in [0.15, 0.2) is 11.4 Å². The Kier molecular flexibility index (Phi) is 5.47. The van der Waals surface area contributed by atoms with E-state index < -0.39 is 0 Å². The molecule has 0 radical (unpaired) electrons. The zero-order valence-electron chi connectivity index (χ0n) is 9.35. The van der Waals surface area contributed by atoms with Crippen molar-refractivity contribution in [2.24, 2.45) is 0 Å². The Balaban J connectivity index is 2.81. The monoisotopic (exact) mass is 367 g/mol. The van der Waals surface area contributed by atoms with E-state index in [2.05, 4.69) is 44.1 Å². The fourth-order valence-corrected chi connectivity index (χ4v) is 4.11. The summed E-state index contributed by atoms with van der Waals surface area (Å²) < 4.78 is 0. The molecule has 0 saturated carbocycles. The van der Waals surface area contributed by atoms with Crippen molar-refractivity contribution >= 4 is 49.1 Å². The van der Waals surface area contributed by atoms with Gasteiger partial charge in [0.25, 0.3) is 5.91 Å². The van der Waals surface area contributed by atoms with Gasteiger partial charge >= 0.3 is 0 Å². The van der Waals surface area contributed by atoms with E-state index in [1.807, 2.05) is 18.4 Å². The summed E-state index contributed by atoms with van der Waals surface area (Å²) in [5.74, 6) is 0.0215. The quantitative estimate of drug-likeness (QED) is 0.788. The number of thiophene rings is 1. The minimum atomic E-state index is -0.201. The molecule has 1 aromatic rings. The molecule has 0 aromatic carbocycles. The van der Waals surface area contributed by atoms with E-state index in [0.29, 0.717) is 0 Å². The highest BCUT2D eigenvalue weighted by Gasteiger charge is 2.28. The van der Waals surface area contributed by atoms with Crippen LogP contribution in [0.1, 0.15) is 28.6 Å². The predicted octanol–water partition coefficient (Wildman–Crippen LogP) is 3.72. The average molecular weight is 369 g/mol. The molecule has 0 saturated heterocycles. The Morgan fingerprint density at radius 3 is 2.50 bits per heavy atom. The maximum Gasteiger partial charge on any atom is 0.262 e. The van der Waals surface area contributed by atoms with Crippen LogP contribution >= 0.6 is 43.2 Å². The van der Waals surface area contributed by atoms with E-state index in [4.69, 9.17) is 0 Å². The van der Waals surface area contributed by atoms with Gasteiger partial charge in [0.15, 0.2) is 0 Å². The highest BCUT2D eigenvalue weighted by Crippen LogP contribution is 2.20. The smallest absolute Gasteiger partial charge is 0.262 e. The minimum Gasteiger partial charge on any atom is -0.344 e. The zero-order chi connectivity index (χ0) is 12.2. The van der Waals surface area contributed by atoms with Gasteiger partial charge in [-0.2, -0.15) is 0 Å². The molecule has 1 aromatic heterocycles. The largest absolute Gasteiger partial charge is 0.344 e. The first-order valence-electron chi connectivity index (χ1n) is 5.07. The zero-order valence-corrected chi connectivity index (χ0v) is 13.3. The molecule has 1 amide bonds. The highest BCUT2D eigenvalue weighted by atomic mass is 79.9. The van der Waals surface area contributed by atoms with Gasteiger partial charge in [-0.05, 0) is 30.4 Å². The third-order valence-corrected chi connectivity index (χ3v) is 5.80. The molecule has 5 heteroatoms. The molecule has 1 N–H and O–H groups in total. The lowest BCUT2D eigenvalue weighted by atomic mass is 10.0. The summed E-state index contributed by atoms with van der Waals surface area (Å²) in [6.07, 6.45) is 0.889. The van der Waals surface area contributed by atoms with E-state index in [-0.39, 0.29) is 11.4 Å². The molecule has 0 fully saturated rings. The van der Waals surface area contributed by atoms with Crippen LogP contribution < -0.4 is 5.32 Å². The van der Waals surface area contributed by atoms with Gasteiger partial charge in [-0.1, -0.05) is 38.8 Å². The molecule has 0 bridgehead atoms. The number of halogens is 2. The predicted molar refractivity (Wildman–Crippen MR) is 77.1 cm³/mol. The van der Waals surface area contributed by atoms with Gasteiger partial charge in [0, 0.05) is 10.7 Å². The summed E-state index contributed by atoms with van der Waals surface area (Å²) in [7, 11) is 0. The Morgan fingerprint density at radius 1 is 1.50 bits per heavy atom. The van der Waals surface area contributed by atoms with Gasteiger partial charge < -0.3 is 5.32 Å². The van der Waals surface area contributed by atoms with Crippen LogP contribution in [0.5, 0.6) is 0 Å². The van der Waals surface area contributed by atoms with Crippen LogP contribution in [0.4, 0.5) is 0 Å². The molecular weight excluding hydrogens is 354 g/mol. The number of carbonyl (C=O) groups excluding carboxylic acids is 1. The molecule has 0 atom stereocenters. The van der Waals surface area contributed by atoms with Gasteiger partial charge in [-0.25, -0.2) is 0 Å². The summed E-state index contributed by atoms with van der Waals surface area (Å²) in [5.41, 5.74) is 0.838. The molecular formula is C11H15Br2NOS. The summed E-state index contributed by atoms with van der Waals surface area (Å²) in [6, 6.07) is 1.97. The first-order valence-corrected chi connectivity index (χ1v) is 8.19. The number of hydrogen-bond donors (Lipinski definition) is 1. The van der Waals surface area contributed by atoms with Crippen LogP contribution in [0.25, 0.3) is 0 Å². The molecule has 90 valence electrons. The second-order valence-electron chi connectivity index (χ2n) is 3.79. The normalized spacial score (nSPS) is 11.5. The number of hydrogen-bond acceptors (Lipinski definition) is 2. The molecule has 0 unspecified atom stereocenters. The first-order chi connectivity index (χ1) is 7.58. The third kappa shape index (κ3) is 3.08. The standard InChI is InChI=1S/C11H15Br2NOS/c1-3-11(6-12,7-13)14-10(15)9-8(2)4-5-16-9/h4-5H,3,6-7H2,1-2H3,(H,14,15). The van der Waals surface area contributed by atoms with Gasteiger partial charge in [-0.15, -0.1) is 11.3 Å². The minimum absolute atomic E-state index is 0.0215. The molecule has 0 spiro atoms. The van der Waals surface area contributed by atoms with Gasteiger partial charge in [0.1, 0.15) is 0 Å². The van der Waals surface area contributed by atoms with Gasteiger partial charge in [-0.3, -0.25) is 4.79 Å². The van der Waals surface area contributed by atoms with Crippen LogP contribution in [-0.4, -0.2) is 22.1 Å². The van der Waals surface area contributed by atoms with Crippen molar-refractivity contribution in [3.05, 3.63) is 21.9 Å². The van der Waals surface area contributed by atoms with Crippen LogP contribution in [0, 0.1) is 6.92 Å². The SMILES string of the molecule is CCC(CBr)(CBr)NC(=O)c1sccc1C. The fraction of sp³-hybridized carbons (Fsp3) is 0.545. The van der Waals surface area contributed by atoms with Crippen molar-refractivity contribution < 1.29 is 4.79 Å². The van der Waals surface area contributed by atoms with Crippen molar-refractivity contribution in [3.63, 3.8) is 0 Å². The molecule has 16 heavy (non-hydrogen) atoms. The summed E-state index contributed by atoms with van der Waals surface area (Å²) in [4.78, 5) is 12.9. The second-order valence-corrected chi connectivity index (χ2v) is 5.83. The molecule has 1 heterocycles. The summed E-state index contributed by atoms with van der Waals surface area (Å²) >= 11 is 8.41. The van der Waals surface area contributed by atoms with Crippen molar-refractivity contribution in [3.8, 4) is 0 Å². The molecule has 2 nitrogen and oxygen atoms in total. The molecule has 1 rings (SSSR count). The van der Waals surface area contributed by atoms with Crippen molar-refractivity contribution in [1.29, 1.82) is 0 Å². The number of amides is 1. The number of rotatable bonds is 5. The Bertz CT molecular complexity index is 352. The van der Waals surface area contributed by atoms with E-state index in [1.54, 1.807) is 0 Å². The number of nitrogens with one attached hydrogen (secondary N) is 1. The van der Waals surface area contributed by atoms with Gasteiger partial charge in [0.05, 0.1) is 10.4 Å². The Morgan fingerprint density at radius 2 is 2.12 bits per heavy atom. The third-order valence-electron chi connectivity index (χ3n) is 2.64. The van der Waals surface area contributed by atoms with E-state index in [1.165, 1.54) is 11.3 Å². The molecule has 0 aliphatic carbocycles. The van der Waals surface area contributed by atoms with Gasteiger partial charge in [0.2, 0.25) is 0 Å². The topological polar surface area (TPSA) is 29.1 Å². The lowest BCUT2D eigenvalue weighted by Crippen LogP contribution is -2.51. The number of aryl methyl sites for hydroxylation is 1. The number of alkyl halides is 2. The second kappa shape index (κ2) is 6.17. The van der Waals surface area contributed by atoms with Crippen molar-refractivity contribution in [2.75, 3.05) is 10.7 Å². The average Bonchev–Trinajstić information content (AvgIpc) is 2.72. The Hall–Kier alpha value is 0.130. The lowest BCUT2D eigenvalue weighted by molar-refractivity contribution is 0.0919. The van der Waals surface area contributed by atoms with E-state index >= 15 is 0 Å². The molecule has 0 aliphatic heterocycles. The first kappa shape index (κ1) is 14.2. The van der Waals surface area contributed by atoms with Crippen LogP contribution in [0.3, 0.4) is 0 Å². The summed E-state index contributed by atoms with van der Waals surface area (Å²) in [5, 5.41) is 6.54. The van der Waals surface area contributed by atoms with Crippen LogP contribution in [0.2, 0.25) is 0 Å².